The molecule has 0 aliphatic carbocycles. The van der Waals surface area contributed by atoms with Gasteiger partial charge in [-0.25, -0.2) is 4.79 Å². The number of rotatable bonds is 8. The zero-order valence-electron chi connectivity index (χ0n) is 14.7. The van der Waals surface area contributed by atoms with Crippen LogP contribution in [0, 0.1) is 0 Å². The molecule has 0 unspecified atom stereocenters. The molecule has 0 spiro atoms. The number of nitrogens with one attached hydrogen (secondary N) is 2. The first kappa shape index (κ1) is 21.8. The van der Waals surface area contributed by atoms with Crippen LogP contribution in [0.15, 0.2) is 0 Å². The van der Waals surface area contributed by atoms with E-state index in [9.17, 15) is 24.3 Å². The summed E-state index contributed by atoms with van der Waals surface area (Å²) in [6, 6.07) is -4.61. The van der Waals surface area contributed by atoms with E-state index in [2.05, 4.69) is 5.32 Å². The van der Waals surface area contributed by atoms with Crippen LogP contribution >= 0.6 is 0 Å². The summed E-state index contributed by atoms with van der Waals surface area (Å²) in [6.07, 6.45) is -0.355. The molecule has 1 heterocycles. The normalized spacial score (nSPS) is 21.4. The Morgan fingerprint density at radius 2 is 1.85 bits per heavy atom. The van der Waals surface area contributed by atoms with Gasteiger partial charge in [-0.05, 0) is 26.7 Å². The highest BCUT2D eigenvalue weighted by molar-refractivity contribution is 5.94. The first-order chi connectivity index (χ1) is 12.1. The molecular weight excluding hydrogens is 348 g/mol. The maximum absolute atomic E-state index is 12.5. The highest BCUT2D eigenvalue weighted by atomic mass is 16.4. The summed E-state index contributed by atoms with van der Waals surface area (Å²) in [5.41, 5.74) is 5.57. The van der Waals surface area contributed by atoms with E-state index < -0.39 is 60.6 Å². The minimum absolute atomic E-state index is 0.357. The maximum atomic E-state index is 12.5. The topological polar surface area (TPSA) is 182 Å². The van der Waals surface area contributed by atoms with Crippen LogP contribution in [0.5, 0.6) is 0 Å². The lowest BCUT2D eigenvalue weighted by molar-refractivity contribution is -0.144. The Kier molecular flexibility index (Phi) is 7.93. The quantitative estimate of drug-likeness (QED) is 0.256. The van der Waals surface area contributed by atoms with Crippen molar-refractivity contribution in [2.24, 2.45) is 5.73 Å². The zero-order chi connectivity index (χ0) is 20.0. The van der Waals surface area contributed by atoms with Crippen LogP contribution in [-0.4, -0.2) is 87.3 Å². The summed E-state index contributed by atoms with van der Waals surface area (Å²) in [7, 11) is 0. The monoisotopic (exact) mass is 374 g/mol. The Morgan fingerprint density at radius 1 is 1.23 bits per heavy atom. The van der Waals surface area contributed by atoms with Crippen molar-refractivity contribution in [3.8, 4) is 0 Å². The van der Waals surface area contributed by atoms with E-state index in [0.717, 1.165) is 0 Å². The van der Waals surface area contributed by atoms with Crippen LogP contribution in [-0.2, 0) is 19.2 Å². The van der Waals surface area contributed by atoms with Crippen molar-refractivity contribution < 1.29 is 34.5 Å². The van der Waals surface area contributed by atoms with E-state index in [-0.39, 0.29) is 0 Å². The summed E-state index contributed by atoms with van der Waals surface area (Å²) < 4.78 is 0. The summed E-state index contributed by atoms with van der Waals surface area (Å²) in [5.74, 6) is -3.46. The number of hydrogen-bond acceptors (Lipinski definition) is 7. The molecular formula is C15H26N4O7. The van der Waals surface area contributed by atoms with E-state index in [1.165, 1.54) is 18.7 Å². The Bertz CT molecular complexity index is 552. The molecule has 0 aromatic rings. The number of aliphatic hydroxyl groups is 2. The fourth-order valence-electron chi connectivity index (χ4n) is 2.67. The molecule has 0 saturated carbocycles. The van der Waals surface area contributed by atoms with E-state index in [1.54, 1.807) is 0 Å². The largest absolute Gasteiger partial charge is 0.480 e. The molecule has 1 rings (SSSR count). The number of amides is 3. The lowest BCUT2D eigenvalue weighted by atomic mass is 10.1. The average molecular weight is 374 g/mol. The number of aliphatic carboxylic acids is 1. The number of nitrogens with zero attached hydrogens (tertiary/aromatic N) is 1. The van der Waals surface area contributed by atoms with Gasteiger partial charge in [0.2, 0.25) is 17.7 Å². The Labute approximate surface area is 150 Å². The number of likely N-dealkylation sites (tertiary alicyclic amines) is 1. The lowest BCUT2D eigenvalue weighted by Crippen LogP contribution is -2.59. The van der Waals surface area contributed by atoms with Crippen LogP contribution < -0.4 is 16.4 Å². The van der Waals surface area contributed by atoms with Gasteiger partial charge in [0.1, 0.15) is 18.1 Å². The lowest BCUT2D eigenvalue weighted by Gasteiger charge is -2.28. The SMILES string of the molecule is C[C@H](N)C(=O)N1CCC[C@H]1C(=O)N[C@H](C(=O)N[C@@H](CO)C(=O)O)[C@@H](C)O. The fraction of sp³-hybridized carbons (Fsp3) is 0.733. The number of carboxylic acids is 1. The predicted molar refractivity (Wildman–Crippen MR) is 88.6 cm³/mol. The van der Waals surface area contributed by atoms with Crippen LogP contribution in [0.2, 0.25) is 0 Å². The standard InChI is InChI=1S/C15H26N4O7/c1-7(16)14(24)19-5-3-4-10(19)12(22)18-11(8(2)21)13(23)17-9(6-20)15(25)26/h7-11,20-21H,3-6,16H2,1-2H3,(H,17,23)(H,18,22)(H,25,26)/t7-,8+,9-,10-,11-/m0/s1. The molecule has 7 N–H and O–H groups in total. The molecule has 5 atom stereocenters. The smallest absolute Gasteiger partial charge is 0.328 e. The van der Waals surface area contributed by atoms with E-state index in [4.69, 9.17) is 15.9 Å². The molecule has 3 amide bonds. The molecule has 11 heteroatoms. The van der Waals surface area contributed by atoms with Gasteiger partial charge in [0, 0.05) is 6.54 Å². The average Bonchev–Trinajstić information content (AvgIpc) is 3.05. The van der Waals surface area contributed by atoms with Crippen molar-refractivity contribution in [1.82, 2.24) is 15.5 Å². The fourth-order valence-corrected chi connectivity index (χ4v) is 2.67. The first-order valence-electron chi connectivity index (χ1n) is 8.28. The summed E-state index contributed by atoms with van der Waals surface area (Å²) in [5, 5.41) is 32.0. The third-order valence-corrected chi connectivity index (χ3v) is 4.09. The van der Waals surface area contributed by atoms with Gasteiger partial charge in [-0.15, -0.1) is 0 Å². The highest BCUT2D eigenvalue weighted by Crippen LogP contribution is 2.18. The van der Waals surface area contributed by atoms with Crippen molar-refractivity contribution in [2.45, 2.75) is 57.0 Å². The van der Waals surface area contributed by atoms with Crippen molar-refractivity contribution in [1.29, 1.82) is 0 Å². The number of nitrogens with two attached hydrogens (primary N) is 1. The third kappa shape index (κ3) is 5.38. The van der Waals surface area contributed by atoms with Gasteiger partial charge in [0.05, 0.1) is 18.8 Å². The van der Waals surface area contributed by atoms with Crippen molar-refractivity contribution in [2.75, 3.05) is 13.2 Å². The molecule has 148 valence electrons. The first-order valence-corrected chi connectivity index (χ1v) is 8.28. The minimum Gasteiger partial charge on any atom is -0.480 e. The minimum atomic E-state index is -1.57. The number of carbonyl (C=O) groups excluding carboxylic acids is 3. The Hall–Kier alpha value is -2.24. The molecule has 1 saturated heterocycles. The Morgan fingerprint density at radius 3 is 2.31 bits per heavy atom. The number of carbonyl (C=O) groups is 4. The van der Waals surface area contributed by atoms with Gasteiger partial charge >= 0.3 is 5.97 Å². The molecule has 1 aliphatic heterocycles. The molecule has 0 radical (unpaired) electrons. The summed E-state index contributed by atoms with van der Waals surface area (Å²) >= 11 is 0. The van der Waals surface area contributed by atoms with Gasteiger partial charge in [0.15, 0.2) is 0 Å². The summed E-state index contributed by atoms with van der Waals surface area (Å²) in [6.45, 7) is 2.26. The Balaban J connectivity index is 2.83. The van der Waals surface area contributed by atoms with E-state index in [1.807, 2.05) is 5.32 Å². The van der Waals surface area contributed by atoms with Gasteiger partial charge in [-0.2, -0.15) is 0 Å². The van der Waals surface area contributed by atoms with E-state index in [0.29, 0.717) is 19.4 Å². The molecule has 11 nitrogen and oxygen atoms in total. The van der Waals surface area contributed by atoms with Crippen molar-refractivity contribution in [3.63, 3.8) is 0 Å². The highest BCUT2D eigenvalue weighted by Gasteiger charge is 2.38. The van der Waals surface area contributed by atoms with Gasteiger partial charge in [-0.1, -0.05) is 0 Å². The third-order valence-electron chi connectivity index (χ3n) is 4.09. The van der Waals surface area contributed by atoms with Crippen LogP contribution in [0.1, 0.15) is 26.7 Å². The number of carboxylic acid groups (broad SMARTS) is 1. The number of hydrogen-bond donors (Lipinski definition) is 6. The van der Waals surface area contributed by atoms with Gasteiger partial charge in [-0.3, -0.25) is 14.4 Å². The van der Waals surface area contributed by atoms with Crippen LogP contribution in [0.3, 0.4) is 0 Å². The molecule has 1 fully saturated rings. The molecule has 0 aromatic carbocycles. The van der Waals surface area contributed by atoms with Gasteiger partial charge < -0.3 is 36.6 Å². The maximum Gasteiger partial charge on any atom is 0.328 e. The van der Waals surface area contributed by atoms with E-state index >= 15 is 0 Å². The van der Waals surface area contributed by atoms with Gasteiger partial charge in [0.25, 0.3) is 0 Å². The summed E-state index contributed by atoms with van der Waals surface area (Å²) in [4.78, 5) is 48.9. The van der Waals surface area contributed by atoms with Crippen LogP contribution in [0.4, 0.5) is 0 Å². The predicted octanol–water partition coefficient (Wildman–Crippen LogP) is -3.25. The zero-order valence-corrected chi connectivity index (χ0v) is 14.7. The van der Waals surface area contributed by atoms with Crippen LogP contribution in [0.25, 0.3) is 0 Å². The second kappa shape index (κ2) is 9.46. The second-order valence-electron chi connectivity index (χ2n) is 6.29. The van der Waals surface area contributed by atoms with Crippen molar-refractivity contribution >= 4 is 23.7 Å². The molecule has 0 bridgehead atoms. The van der Waals surface area contributed by atoms with Crippen molar-refractivity contribution in [3.05, 3.63) is 0 Å². The number of aliphatic hydroxyl groups excluding tert-OH is 2. The molecule has 1 aliphatic rings. The second-order valence-corrected chi connectivity index (χ2v) is 6.29. The molecule has 0 aromatic heterocycles. The molecule has 26 heavy (non-hydrogen) atoms.